The molecule has 8 heteroatoms. The van der Waals surface area contributed by atoms with Crippen molar-refractivity contribution in [1.82, 2.24) is 5.32 Å². The summed E-state index contributed by atoms with van der Waals surface area (Å²) in [5, 5.41) is 7.95. The Morgan fingerprint density at radius 1 is 1.14 bits per heavy atom. The van der Waals surface area contributed by atoms with Gasteiger partial charge in [0.25, 0.3) is 0 Å². The zero-order valence-corrected chi connectivity index (χ0v) is 17.3. The average Bonchev–Trinajstić information content (AvgIpc) is 3.05. The zero-order chi connectivity index (χ0) is 21.2. The number of primary sulfonamides is 1. The highest BCUT2D eigenvalue weighted by atomic mass is 32.2. The number of carbonyl (C=O) groups is 2. The molecule has 154 valence electrons. The van der Waals surface area contributed by atoms with Gasteiger partial charge in [0.15, 0.2) is 0 Å². The maximum atomic E-state index is 12.5. The van der Waals surface area contributed by atoms with E-state index in [1.807, 2.05) is 32.0 Å². The molecule has 2 aromatic rings. The largest absolute Gasteiger partial charge is 0.355 e. The fourth-order valence-corrected chi connectivity index (χ4v) is 3.86. The van der Waals surface area contributed by atoms with E-state index in [2.05, 4.69) is 5.32 Å². The monoisotopic (exact) mass is 415 g/mol. The second kappa shape index (κ2) is 8.34. The van der Waals surface area contributed by atoms with Crippen LogP contribution in [0, 0.1) is 19.8 Å². The number of hydrogen-bond acceptors (Lipinski definition) is 4. The Bertz CT molecular complexity index is 1030. The van der Waals surface area contributed by atoms with Gasteiger partial charge in [-0.25, -0.2) is 13.6 Å². The molecular weight excluding hydrogens is 390 g/mol. The first kappa shape index (κ1) is 21.0. The molecule has 0 radical (unpaired) electrons. The van der Waals surface area contributed by atoms with Crippen LogP contribution in [-0.4, -0.2) is 33.3 Å². The topological polar surface area (TPSA) is 110 Å². The highest BCUT2D eigenvalue weighted by Gasteiger charge is 2.35. The smallest absolute Gasteiger partial charge is 0.238 e. The van der Waals surface area contributed by atoms with Crippen LogP contribution in [0.25, 0.3) is 0 Å². The number of hydrogen-bond donors (Lipinski definition) is 2. The van der Waals surface area contributed by atoms with Crippen LogP contribution >= 0.6 is 0 Å². The first-order valence-electron chi connectivity index (χ1n) is 9.42. The second-order valence-corrected chi connectivity index (χ2v) is 8.97. The van der Waals surface area contributed by atoms with Crippen molar-refractivity contribution in [3.05, 3.63) is 59.2 Å². The SMILES string of the molecule is Cc1ccc(N2CC(C(=O)NCCc3ccc(S(N)(=O)=O)cc3)CC2=O)cc1C. The number of sulfonamides is 1. The minimum atomic E-state index is -3.71. The van der Waals surface area contributed by atoms with Crippen LogP contribution in [0.15, 0.2) is 47.4 Å². The van der Waals surface area contributed by atoms with Gasteiger partial charge in [-0.15, -0.1) is 0 Å². The fraction of sp³-hybridized carbons (Fsp3) is 0.333. The van der Waals surface area contributed by atoms with E-state index in [9.17, 15) is 18.0 Å². The molecule has 2 amide bonds. The van der Waals surface area contributed by atoms with Crippen LogP contribution in [0.3, 0.4) is 0 Å². The van der Waals surface area contributed by atoms with Gasteiger partial charge in [-0.3, -0.25) is 9.59 Å². The molecule has 3 N–H and O–H groups in total. The van der Waals surface area contributed by atoms with Crippen molar-refractivity contribution in [2.75, 3.05) is 18.0 Å². The molecule has 3 rings (SSSR count). The van der Waals surface area contributed by atoms with E-state index < -0.39 is 10.0 Å². The minimum Gasteiger partial charge on any atom is -0.355 e. The molecule has 1 fully saturated rings. The molecule has 1 heterocycles. The molecular formula is C21H25N3O4S. The van der Waals surface area contributed by atoms with E-state index >= 15 is 0 Å². The van der Waals surface area contributed by atoms with E-state index in [-0.39, 0.29) is 29.0 Å². The third-order valence-electron chi connectivity index (χ3n) is 5.26. The van der Waals surface area contributed by atoms with Gasteiger partial charge >= 0.3 is 0 Å². The Kier molecular flexibility index (Phi) is 6.04. The molecule has 0 spiro atoms. The quantitative estimate of drug-likeness (QED) is 0.748. The van der Waals surface area contributed by atoms with Crippen LogP contribution in [0.5, 0.6) is 0 Å². The van der Waals surface area contributed by atoms with Crippen LogP contribution in [-0.2, 0) is 26.0 Å². The second-order valence-electron chi connectivity index (χ2n) is 7.40. The van der Waals surface area contributed by atoms with Crippen molar-refractivity contribution in [2.45, 2.75) is 31.6 Å². The Morgan fingerprint density at radius 3 is 2.45 bits per heavy atom. The molecule has 2 aromatic carbocycles. The zero-order valence-electron chi connectivity index (χ0n) is 16.5. The van der Waals surface area contributed by atoms with Gasteiger partial charge in [-0.05, 0) is 61.2 Å². The van der Waals surface area contributed by atoms with E-state index in [0.717, 1.165) is 22.4 Å². The summed E-state index contributed by atoms with van der Waals surface area (Å²) in [5.74, 6) is -0.577. The summed E-state index contributed by atoms with van der Waals surface area (Å²) in [5.41, 5.74) is 3.98. The highest BCUT2D eigenvalue weighted by molar-refractivity contribution is 7.89. The Hall–Kier alpha value is -2.71. The van der Waals surface area contributed by atoms with Crippen LogP contribution in [0.2, 0.25) is 0 Å². The fourth-order valence-electron chi connectivity index (χ4n) is 3.35. The van der Waals surface area contributed by atoms with Crippen molar-refractivity contribution in [1.29, 1.82) is 0 Å². The predicted molar refractivity (Wildman–Crippen MR) is 111 cm³/mol. The van der Waals surface area contributed by atoms with E-state index in [1.54, 1.807) is 17.0 Å². The number of nitrogens with two attached hydrogens (primary N) is 1. The number of carbonyl (C=O) groups excluding carboxylic acids is 2. The van der Waals surface area contributed by atoms with E-state index in [4.69, 9.17) is 5.14 Å². The average molecular weight is 416 g/mol. The predicted octanol–water partition coefficient (Wildman–Crippen LogP) is 1.66. The summed E-state index contributed by atoms with van der Waals surface area (Å²) in [6, 6.07) is 12.1. The van der Waals surface area contributed by atoms with E-state index in [1.165, 1.54) is 12.1 Å². The molecule has 1 aliphatic rings. The summed E-state index contributed by atoms with van der Waals surface area (Å²) in [6.45, 7) is 4.79. The summed E-state index contributed by atoms with van der Waals surface area (Å²) >= 11 is 0. The minimum absolute atomic E-state index is 0.0491. The lowest BCUT2D eigenvalue weighted by molar-refractivity contribution is -0.126. The maximum Gasteiger partial charge on any atom is 0.238 e. The molecule has 29 heavy (non-hydrogen) atoms. The van der Waals surface area contributed by atoms with Gasteiger partial charge in [0, 0.05) is 25.2 Å². The summed E-state index contributed by atoms with van der Waals surface area (Å²) in [4.78, 5) is 26.6. The van der Waals surface area contributed by atoms with Crippen molar-refractivity contribution in [3.63, 3.8) is 0 Å². The lowest BCUT2D eigenvalue weighted by atomic mass is 10.1. The number of aryl methyl sites for hydroxylation is 2. The van der Waals surface area contributed by atoms with Crippen LogP contribution in [0.1, 0.15) is 23.1 Å². The molecule has 1 saturated heterocycles. The standard InChI is InChI=1S/C21H25N3O4S/c1-14-3-6-18(11-15(14)2)24-13-17(12-20(24)25)21(26)23-10-9-16-4-7-19(8-5-16)29(22,27)28/h3-8,11,17H,9-10,12-13H2,1-2H3,(H,23,26)(H2,22,27,28). The van der Waals surface area contributed by atoms with Crippen molar-refractivity contribution < 1.29 is 18.0 Å². The third-order valence-corrected chi connectivity index (χ3v) is 6.19. The van der Waals surface area contributed by atoms with Crippen LogP contribution < -0.4 is 15.4 Å². The molecule has 1 atom stereocenters. The molecule has 7 nitrogen and oxygen atoms in total. The summed E-state index contributed by atoms with van der Waals surface area (Å²) in [6.07, 6.45) is 0.750. The normalized spacial score (nSPS) is 16.9. The third kappa shape index (κ3) is 5.02. The lowest BCUT2D eigenvalue weighted by Crippen LogP contribution is -2.34. The van der Waals surface area contributed by atoms with Gasteiger partial charge < -0.3 is 10.2 Å². The molecule has 0 aliphatic carbocycles. The van der Waals surface area contributed by atoms with Gasteiger partial charge in [0.05, 0.1) is 10.8 Å². The molecule has 1 aliphatic heterocycles. The van der Waals surface area contributed by atoms with Crippen molar-refractivity contribution >= 4 is 27.5 Å². The highest BCUT2D eigenvalue weighted by Crippen LogP contribution is 2.27. The Morgan fingerprint density at radius 2 is 1.83 bits per heavy atom. The summed E-state index contributed by atoms with van der Waals surface area (Å²) < 4.78 is 22.5. The van der Waals surface area contributed by atoms with Crippen LogP contribution in [0.4, 0.5) is 5.69 Å². The van der Waals surface area contributed by atoms with Gasteiger partial charge in [-0.1, -0.05) is 18.2 Å². The molecule has 0 aromatic heterocycles. The molecule has 0 bridgehead atoms. The number of amides is 2. The van der Waals surface area contributed by atoms with Crippen molar-refractivity contribution in [2.24, 2.45) is 11.1 Å². The van der Waals surface area contributed by atoms with E-state index in [0.29, 0.717) is 19.5 Å². The van der Waals surface area contributed by atoms with Crippen molar-refractivity contribution in [3.8, 4) is 0 Å². The lowest BCUT2D eigenvalue weighted by Gasteiger charge is -2.18. The molecule has 0 saturated carbocycles. The Labute approximate surface area is 171 Å². The summed E-state index contributed by atoms with van der Waals surface area (Å²) in [7, 11) is -3.71. The first-order chi connectivity index (χ1) is 13.6. The van der Waals surface area contributed by atoms with Gasteiger partial charge in [0.1, 0.15) is 0 Å². The number of anilines is 1. The van der Waals surface area contributed by atoms with Gasteiger partial charge in [0.2, 0.25) is 21.8 Å². The number of rotatable bonds is 6. The number of nitrogens with zero attached hydrogens (tertiary/aromatic N) is 1. The number of benzene rings is 2. The van der Waals surface area contributed by atoms with Gasteiger partial charge in [-0.2, -0.15) is 0 Å². The maximum absolute atomic E-state index is 12.5. The molecule has 1 unspecified atom stereocenters. The first-order valence-corrected chi connectivity index (χ1v) is 11.0. The Balaban J connectivity index is 1.53. The number of nitrogens with one attached hydrogen (secondary N) is 1.